The van der Waals surface area contributed by atoms with Crippen LogP contribution >= 0.6 is 11.6 Å². The molecule has 1 aliphatic carbocycles. The lowest BCUT2D eigenvalue weighted by Gasteiger charge is -2.37. The van der Waals surface area contributed by atoms with Crippen molar-refractivity contribution < 1.29 is 9.47 Å². The maximum absolute atomic E-state index is 6.11. The molecule has 1 aliphatic heterocycles. The van der Waals surface area contributed by atoms with Gasteiger partial charge in [-0.25, -0.2) is 0 Å². The molecule has 1 aromatic rings. The Labute approximate surface area is 157 Å². The smallest absolute Gasteiger partial charge is 0.160 e. The third kappa shape index (κ3) is 5.32. The fourth-order valence-corrected chi connectivity index (χ4v) is 4.24. The maximum atomic E-state index is 6.11. The molecule has 138 valence electrons. The molecule has 25 heavy (non-hydrogen) atoms. The number of halogens is 1. The van der Waals surface area contributed by atoms with Crippen LogP contribution in [0.1, 0.15) is 62.5 Å². The molecule has 0 aromatic heterocycles. The van der Waals surface area contributed by atoms with Gasteiger partial charge in [0.25, 0.3) is 0 Å². The van der Waals surface area contributed by atoms with Crippen molar-refractivity contribution in [1.29, 1.82) is 0 Å². The van der Waals surface area contributed by atoms with Crippen molar-refractivity contribution in [3.05, 3.63) is 47.0 Å². The molecular formula is C22H31ClO2. The molecule has 1 saturated heterocycles. The zero-order chi connectivity index (χ0) is 17.5. The second kappa shape index (κ2) is 9.75. The first-order chi connectivity index (χ1) is 12.3. The summed E-state index contributed by atoms with van der Waals surface area (Å²) in [6.07, 6.45) is 10.5. The Balaban J connectivity index is 1.45. The third-order valence-electron chi connectivity index (χ3n) is 5.74. The van der Waals surface area contributed by atoms with E-state index in [0.717, 1.165) is 13.2 Å². The largest absolute Gasteiger partial charge is 0.352 e. The predicted octanol–water partition coefficient (Wildman–Crippen LogP) is 6.04. The third-order valence-corrected chi connectivity index (χ3v) is 5.89. The first kappa shape index (κ1) is 18.9. The summed E-state index contributed by atoms with van der Waals surface area (Å²) in [5.74, 6) is 1.54. The van der Waals surface area contributed by atoms with E-state index in [0.29, 0.717) is 17.8 Å². The quantitative estimate of drug-likeness (QED) is 0.613. The van der Waals surface area contributed by atoms with Crippen molar-refractivity contribution >= 4 is 11.6 Å². The summed E-state index contributed by atoms with van der Waals surface area (Å²) >= 11 is 5.70. The van der Waals surface area contributed by atoms with E-state index in [4.69, 9.17) is 21.1 Å². The number of benzene rings is 1. The topological polar surface area (TPSA) is 18.5 Å². The highest BCUT2D eigenvalue weighted by Gasteiger charge is 2.32. The number of rotatable bonds is 6. The number of unbranched alkanes of at least 4 members (excludes halogenated alkanes) is 1. The van der Waals surface area contributed by atoms with Gasteiger partial charge < -0.3 is 9.47 Å². The lowest BCUT2D eigenvalue weighted by Crippen LogP contribution is -2.37. The zero-order valence-corrected chi connectivity index (χ0v) is 16.1. The molecule has 3 heteroatoms. The summed E-state index contributed by atoms with van der Waals surface area (Å²) in [6, 6.07) is 9.05. The Hall–Kier alpha value is -0.830. The lowest BCUT2D eigenvalue weighted by atomic mass is 9.81. The molecule has 0 radical (unpaired) electrons. The second-order valence-corrected chi connectivity index (χ2v) is 7.82. The van der Waals surface area contributed by atoms with Crippen molar-refractivity contribution in [2.24, 2.45) is 11.8 Å². The molecule has 2 fully saturated rings. The summed E-state index contributed by atoms with van der Waals surface area (Å²) in [4.78, 5) is 0. The van der Waals surface area contributed by atoms with Crippen molar-refractivity contribution in [1.82, 2.24) is 0 Å². The van der Waals surface area contributed by atoms with Crippen LogP contribution < -0.4 is 0 Å². The van der Waals surface area contributed by atoms with Gasteiger partial charge in [0.15, 0.2) is 6.29 Å². The molecule has 0 amide bonds. The fraction of sp³-hybridized carbons (Fsp3) is 0.636. The standard InChI is InChI=1S/C22H31ClO2/c1-2-3-4-17-5-9-19(10-6-17)21-15-24-22(25-16-21)20-11-7-18(8-12-20)13-14-23/h5-6,9-10,13-14,18,20-22H,2-4,7-8,11-12,15-16H2,1H3/b14-13+/t18-,20-,21-,22-. The second-order valence-electron chi connectivity index (χ2n) is 7.57. The molecule has 2 nitrogen and oxygen atoms in total. The van der Waals surface area contributed by atoms with Gasteiger partial charge in [-0.2, -0.15) is 0 Å². The van der Waals surface area contributed by atoms with Gasteiger partial charge in [-0.15, -0.1) is 0 Å². The first-order valence-corrected chi connectivity index (χ1v) is 10.3. The minimum absolute atomic E-state index is 0.0130. The number of ether oxygens (including phenoxy) is 2. The number of allylic oxidation sites excluding steroid dienone is 1. The van der Waals surface area contributed by atoms with Gasteiger partial charge in [0.1, 0.15) is 0 Å². The van der Waals surface area contributed by atoms with E-state index in [-0.39, 0.29) is 6.29 Å². The molecule has 2 aliphatic rings. The summed E-state index contributed by atoms with van der Waals surface area (Å²) in [7, 11) is 0. The SMILES string of the molecule is CCCCc1ccc([C@H]2CO[C@H]([C@H]3CC[C@H](/C=C/Cl)CC3)OC2)cc1. The minimum atomic E-state index is -0.0130. The Bertz CT molecular complexity index is 523. The van der Waals surface area contributed by atoms with Crippen LogP contribution in [0.5, 0.6) is 0 Å². The van der Waals surface area contributed by atoms with Gasteiger partial charge in [-0.05, 0) is 55.6 Å². The number of aryl methyl sites for hydroxylation is 1. The summed E-state index contributed by atoms with van der Waals surface area (Å²) in [5.41, 5.74) is 4.44. The highest BCUT2D eigenvalue weighted by molar-refractivity contribution is 6.25. The molecule has 0 atom stereocenters. The van der Waals surface area contributed by atoms with Crippen molar-refractivity contribution in [2.45, 2.75) is 64.1 Å². The molecule has 3 rings (SSSR count). The fourth-order valence-electron chi connectivity index (χ4n) is 4.03. The Morgan fingerprint density at radius 1 is 1.04 bits per heavy atom. The van der Waals surface area contributed by atoms with E-state index in [2.05, 4.69) is 37.3 Å². The lowest BCUT2D eigenvalue weighted by molar-refractivity contribution is -0.217. The van der Waals surface area contributed by atoms with E-state index in [1.165, 1.54) is 56.1 Å². The summed E-state index contributed by atoms with van der Waals surface area (Å²) < 4.78 is 12.2. The van der Waals surface area contributed by atoms with Crippen LogP contribution in [0.3, 0.4) is 0 Å². The highest BCUT2D eigenvalue weighted by Crippen LogP contribution is 2.35. The Morgan fingerprint density at radius 2 is 1.72 bits per heavy atom. The van der Waals surface area contributed by atoms with Gasteiger partial charge in [0.05, 0.1) is 13.2 Å². The van der Waals surface area contributed by atoms with E-state index < -0.39 is 0 Å². The van der Waals surface area contributed by atoms with Gasteiger partial charge in [-0.3, -0.25) is 0 Å². The summed E-state index contributed by atoms with van der Waals surface area (Å²) in [6.45, 7) is 3.80. The first-order valence-electron chi connectivity index (χ1n) is 9.89. The molecule has 0 unspecified atom stereocenters. The molecule has 0 spiro atoms. The molecular weight excluding hydrogens is 332 g/mol. The van der Waals surface area contributed by atoms with Gasteiger partial charge >= 0.3 is 0 Å². The minimum Gasteiger partial charge on any atom is -0.352 e. The van der Waals surface area contributed by atoms with Crippen LogP contribution in [0.4, 0.5) is 0 Å². The molecule has 0 bridgehead atoms. The molecule has 1 heterocycles. The van der Waals surface area contributed by atoms with E-state index in [1.807, 2.05) is 0 Å². The van der Waals surface area contributed by atoms with Crippen molar-refractivity contribution in [2.75, 3.05) is 13.2 Å². The predicted molar refractivity (Wildman–Crippen MR) is 104 cm³/mol. The van der Waals surface area contributed by atoms with E-state index in [9.17, 15) is 0 Å². The average molecular weight is 363 g/mol. The van der Waals surface area contributed by atoms with Crippen LogP contribution in [0.2, 0.25) is 0 Å². The zero-order valence-electron chi connectivity index (χ0n) is 15.3. The van der Waals surface area contributed by atoms with E-state index >= 15 is 0 Å². The Morgan fingerprint density at radius 3 is 2.32 bits per heavy atom. The normalized spacial score (nSPS) is 30.6. The molecule has 1 saturated carbocycles. The number of hydrogen-bond donors (Lipinski definition) is 0. The molecule has 0 N–H and O–H groups in total. The van der Waals surface area contributed by atoms with Crippen molar-refractivity contribution in [3.63, 3.8) is 0 Å². The number of hydrogen-bond acceptors (Lipinski definition) is 2. The van der Waals surface area contributed by atoms with Gasteiger partial charge in [0.2, 0.25) is 0 Å². The van der Waals surface area contributed by atoms with Crippen LogP contribution in [-0.2, 0) is 15.9 Å². The average Bonchev–Trinajstić information content (AvgIpc) is 2.68. The van der Waals surface area contributed by atoms with Crippen molar-refractivity contribution in [3.8, 4) is 0 Å². The summed E-state index contributed by atoms with van der Waals surface area (Å²) in [5, 5.41) is 0. The van der Waals surface area contributed by atoms with E-state index in [1.54, 1.807) is 5.54 Å². The highest BCUT2D eigenvalue weighted by atomic mass is 35.5. The van der Waals surface area contributed by atoms with Crippen LogP contribution in [-0.4, -0.2) is 19.5 Å². The monoisotopic (exact) mass is 362 g/mol. The van der Waals surface area contributed by atoms with Crippen LogP contribution in [0.25, 0.3) is 0 Å². The van der Waals surface area contributed by atoms with Crippen LogP contribution in [0.15, 0.2) is 35.9 Å². The van der Waals surface area contributed by atoms with Gasteiger partial charge in [0, 0.05) is 17.4 Å². The molecule has 1 aromatic carbocycles. The van der Waals surface area contributed by atoms with Crippen LogP contribution in [0, 0.1) is 11.8 Å². The maximum Gasteiger partial charge on any atom is 0.160 e. The van der Waals surface area contributed by atoms with Gasteiger partial charge in [-0.1, -0.05) is 55.3 Å². The Kier molecular flexibility index (Phi) is 7.39.